The smallest absolute Gasteiger partial charge is 0.155 e. The highest BCUT2D eigenvalue weighted by atomic mass is 35.5. The molecule has 0 amide bonds. The predicted molar refractivity (Wildman–Crippen MR) is 38.9 cm³/mol. The molecule has 0 aliphatic carbocycles. The molecule has 46 valence electrons. The van der Waals surface area contributed by atoms with Crippen molar-refractivity contribution in [3.63, 3.8) is 0 Å². The lowest BCUT2D eigenvalue weighted by molar-refractivity contribution is 0.494. The van der Waals surface area contributed by atoms with Crippen LogP contribution in [-0.4, -0.2) is 15.7 Å². The third kappa shape index (κ3) is 1.24. The molecule has 1 unspecified atom stereocenters. The maximum atomic E-state index is 5.72. The molecule has 0 N–H and O–H groups in total. The van der Waals surface area contributed by atoms with Gasteiger partial charge in [-0.05, 0) is 5.41 Å². The second kappa shape index (κ2) is 2.85. The van der Waals surface area contributed by atoms with Crippen LogP contribution in [0.5, 0.6) is 0 Å². The van der Waals surface area contributed by atoms with E-state index in [1.165, 1.54) is 0 Å². The Balaban J connectivity index is 2.41. The van der Waals surface area contributed by atoms with Gasteiger partial charge in [0.1, 0.15) is 0 Å². The fraction of sp³-hybridized carbons (Fsp3) is 0.500. The van der Waals surface area contributed by atoms with Crippen LogP contribution in [0.4, 0.5) is 0 Å². The standard InChI is InChI=1S/C4H5Cl2NS/c5-3-7-1-2-8-4(7)6/h1-2,4H,3H2. The van der Waals surface area contributed by atoms with E-state index in [9.17, 15) is 0 Å². The van der Waals surface area contributed by atoms with Crippen molar-refractivity contribution < 1.29 is 0 Å². The number of hydrogen-bond acceptors (Lipinski definition) is 2. The first-order chi connectivity index (χ1) is 3.84. The lowest BCUT2D eigenvalue weighted by Gasteiger charge is -2.14. The second-order valence-electron chi connectivity index (χ2n) is 1.35. The van der Waals surface area contributed by atoms with Gasteiger partial charge in [-0.3, -0.25) is 0 Å². The van der Waals surface area contributed by atoms with Crippen LogP contribution in [0, 0.1) is 0 Å². The van der Waals surface area contributed by atoms with Crippen LogP contribution in [0.1, 0.15) is 0 Å². The first-order valence-corrected chi connectivity index (χ1v) is 4.04. The fourth-order valence-electron chi connectivity index (χ4n) is 0.418. The zero-order valence-electron chi connectivity index (χ0n) is 4.05. The summed E-state index contributed by atoms with van der Waals surface area (Å²) in [5.74, 6) is 0. The van der Waals surface area contributed by atoms with Crippen molar-refractivity contribution in [1.82, 2.24) is 4.90 Å². The minimum Gasteiger partial charge on any atom is -0.339 e. The Morgan fingerprint density at radius 3 is 2.75 bits per heavy atom. The van der Waals surface area contributed by atoms with E-state index >= 15 is 0 Å². The molecule has 0 bridgehead atoms. The van der Waals surface area contributed by atoms with Gasteiger partial charge in [-0.1, -0.05) is 23.4 Å². The Morgan fingerprint density at radius 2 is 2.50 bits per heavy atom. The van der Waals surface area contributed by atoms with Gasteiger partial charge in [0.25, 0.3) is 0 Å². The van der Waals surface area contributed by atoms with Crippen LogP contribution in [0.3, 0.4) is 0 Å². The van der Waals surface area contributed by atoms with E-state index in [0.29, 0.717) is 6.00 Å². The summed E-state index contributed by atoms with van der Waals surface area (Å²) in [6.45, 7) is 0. The number of thioether (sulfide) groups is 1. The van der Waals surface area contributed by atoms with Gasteiger partial charge in [0.05, 0.1) is 6.00 Å². The Hall–Kier alpha value is 0.470. The first-order valence-electron chi connectivity index (χ1n) is 2.12. The molecule has 0 aromatic rings. The molecule has 0 aromatic carbocycles. The lowest BCUT2D eigenvalue weighted by atomic mass is 10.9. The van der Waals surface area contributed by atoms with Crippen molar-refractivity contribution in [3.05, 3.63) is 11.6 Å². The second-order valence-corrected chi connectivity index (χ2v) is 3.25. The Bertz CT molecular complexity index is 106. The molecule has 0 fully saturated rings. The maximum absolute atomic E-state index is 5.72. The van der Waals surface area contributed by atoms with Gasteiger partial charge in [-0.15, -0.1) is 11.6 Å². The van der Waals surface area contributed by atoms with Crippen molar-refractivity contribution in [2.75, 3.05) is 6.00 Å². The average Bonchev–Trinajstić information content (AvgIpc) is 2.14. The SMILES string of the molecule is ClCN1C=CSC1Cl. The van der Waals surface area contributed by atoms with Crippen molar-refractivity contribution >= 4 is 35.0 Å². The summed E-state index contributed by atoms with van der Waals surface area (Å²) in [7, 11) is 0. The third-order valence-electron chi connectivity index (χ3n) is 0.842. The maximum Gasteiger partial charge on any atom is 0.155 e. The molecular formula is C4H5Cl2NS. The minimum absolute atomic E-state index is 0.00694. The number of alkyl halides is 2. The Labute approximate surface area is 62.6 Å². The van der Waals surface area contributed by atoms with Gasteiger partial charge in [0, 0.05) is 6.20 Å². The van der Waals surface area contributed by atoms with Gasteiger partial charge in [0.15, 0.2) is 4.83 Å². The minimum atomic E-state index is 0.00694. The van der Waals surface area contributed by atoms with Crippen LogP contribution in [-0.2, 0) is 0 Å². The lowest BCUT2D eigenvalue weighted by Crippen LogP contribution is -2.17. The van der Waals surface area contributed by atoms with Crippen LogP contribution in [0.2, 0.25) is 0 Å². The molecular weight excluding hydrogens is 165 g/mol. The zero-order chi connectivity index (χ0) is 5.98. The number of hydrogen-bond donors (Lipinski definition) is 0. The molecule has 4 heteroatoms. The summed E-state index contributed by atoms with van der Waals surface area (Å²) in [5, 5.41) is 1.93. The van der Waals surface area contributed by atoms with Gasteiger partial charge in [-0.2, -0.15) is 0 Å². The molecule has 0 saturated heterocycles. The number of halogens is 2. The first kappa shape index (κ1) is 6.59. The monoisotopic (exact) mass is 169 g/mol. The van der Waals surface area contributed by atoms with E-state index in [2.05, 4.69) is 0 Å². The van der Waals surface area contributed by atoms with E-state index < -0.39 is 0 Å². The zero-order valence-corrected chi connectivity index (χ0v) is 6.38. The summed E-state index contributed by atoms with van der Waals surface area (Å²) in [6.07, 6.45) is 1.88. The van der Waals surface area contributed by atoms with E-state index in [1.807, 2.05) is 16.5 Å². The third-order valence-corrected chi connectivity index (χ3v) is 2.45. The quantitative estimate of drug-likeness (QED) is 0.438. The molecule has 0 radical (unpaired) electrons. The van der Waals surface area contributed by atoms with Gasteiger partial charge >= 0.3 is 0 Å². The normalized spacial score (nSPS) is 27.2. The van der Waals surface area contributed by atoms with Crippen LogP contribution in [0.25, 0.3) is 0 Å². The van der Waals surface area contributed by atoms with Crippen molar-refractivity contribution in [2.24, 2.45) is 0 Å². The highest BCUT2D eigenvalue weighted by molar-refractivity contribution is 8.04. The highest BCUT2D eigenvalue weighted by Crippen LogP contribution is 2.27. The predicted octanol–water partition coefficient (Wildman–Crippen LogP) is 2.23. The topological polar surface area (TPSA) is 3.24 Å². The molecule has 1 aliphatic heterocycles. The molecule has 1 aliphatic rings. The summed E-state index contributed by atoms with van der Waals surface area (Å²) in [4.78, 5) is 1.85. The van der Waals surface area contributed by atoms with E-state index in [-0.39, 0.29) is 4.83 Å². The summed E-state index contributed by atoms with van der Waals surface area (Å²) >= 11 is 12.8. The fourth-order valence-corrected chi connectivity index (χ4v) is 1.76. The Morgan fingerprint density at radius 1 is 1.75 bits per heavy atom. The van der Waals surface area contributed by atoms with Crippen LogP contribution < -0.4 is 0 Å². The van der Waals surface area contributed by atoms with Gasteiger partial charge in [0.2, 0.25) is 0 Å². The van der Waals surface area contributed by atoms with Crippen molar-refractivity contribution in [2.45, 2.75) is 4.83 Å². The molecule has 1 atom stereocenters. The highest BCUT2D eigenvalue weighted by Gasteiger charge is 2.14. The summed E-state index contributed by atoms with van der Waals surface area (Å²) in [5.41, 5.74) is 0. The molecule has 0 spiro atoms. The molecule has 0 saturated carbocycles. The molecule has 1 nitrogen and oxygen atoms in total. The molecule has 0 aromatic heterocycles. The van der Waals surface area contributed by atoms with Crippen LogP contribution in [0.15, 0.2) is 11.6 Å². The van der Waals surface area contributed by atoms with Gasteiger partial charge < -0.3 is 4.90 Å². The molecule has 1 rings (SSSR count). The Kier molecular flexibility index (Phi) is 2.35. The van der Waals surface area contributed by atoms with Gasteiger partial charge in [-0.25, -0.2) is 0 Å². The average molecular weight is 170 g/mol. The van der Waals surface area contributed by atoms with E-state index in [1.54, 1.807) is 11.8 Å². The molecule has 8 heavy (non-hydrogen) atoms. The summed E-state index contributed by atoms with van der Waals surface area (Å²) < 4.78 is 0. The largest absolute Gasteiger partial charge is 0.339 e. The van der Waals surface area contributed by atoms with Crippen LogP contribution >= 0.6 is 35.0 Å². The van der Waals surface area contributed by atoms with E-state index in [0.717, 1.165) is 0 Å². The van der Waals surface area contributed by atoms with E-state index in [4.69, 9.17) is 23.2 Å². The van der Waals surface area contributed by atoms with Crippen molar-refractivity contribution in [1.29, 1.82) is 0 Å². The van der Waals surface area contributed by atoms with Crippen molar-refractivity contribution in [3.8, 4) is 0 Å². The number of rotatable bonds is 1. The summed E-state index contributed by atoms with van der Waals surface area (Å²) in [6, 6.07) is 0.470. The molecule has 1 heterocycles. The number of nitrogens with zero attached hydrogens (tertiary/aromatic N) is 1.